The van der Waals surface area contributed by atoms with Crippen LogP contribution in [0.4, 0.5) is 11.4 Å². The number of ether oxygens (including phenoxy) is 2. The van der Waals surface area contributed by atoms with Crippen molar-refractivity contribution in [3.05, 3.63) is 48.0 Å². The van der Waals surface area contributed by atoms with Gasteiger partial charge in [-0.15, -0.1) is 0 Å². The van der Waals surface area contributed by atoms with Crippen molar-refractivity contribution in [1.82, 2.24) is 0 Å². The van der Waals surface area contributed by atoms with Gasteiger partial charge >= 0.3 is 0 Å². The summed E-state index contributed by atoms with van der Waals surface area (Å²) in [5, 5.41) is 2.77. The predicted octanol–water partition coefficient (Wildman–Crippen LogP) is 2.54. The van der Waals surface area contributed by atoms with Crippen LogP contribution in [-0.4, -0.2) is 20.1 Å². The van der Waals surface area contributed by atoms with Gasteiger partial charge in [0.25, 0.3) is 5.91 Å². The highest BCUT2D eigenvalue weighted by molar-refractivity contribution is 6.08. The molecule has 0 fully saturated rings. The number of rotatable bonds is 4. The number of hydrogen-bond acceptors (Lipinski definition) is 4. The molecule has 104 valence electrons. The normalized spacial score (nSPS) is 9.90. The summed E-state index contributed by atoms with van der Waals surface area (Å²) in [5.41, 5.74) is 7.19. The van der Waals surface area contributed by atoms with Crippen LogP contribution in [0.1, 0.15) is 10.4 Å². The van der Waals surface area contributed by atoms with E-state index in [1.165, 1.54) is 0 Å². The lowest BCUT2D eigenvalue weighted by Gasteiger charge is -2.11. The lowest BCUT2D eigenvalue weighted by molar-refractivity contribution is 0.102. The molecular weight excluding hydrogens is 256 g/mol. The van der Waals surface area contributed by atoms with Crippen LogP contribution in [0.2, 0.25) is 0 Å². The second kappa shape index (κ2) is 5.97. The van der Waals surface area contributed by atoms with Crippen molar-refractivity contribution in [2.24, 2.45) is 0 Å². The largest absolute Gasteiger partial charge is 0.497 e. The fourth-order valence-corrected chi connectivity index (χ4v) is 1.81. The summed E-state index contributed by atoms with van der Waals surface area (Å²) in [5.74, 6) is 0.902. The summed E-state index contributed by atoms with van der Waals surface area (Å²) < 4.78 is 10.2. The summed E-state index contributed by atoms with van der Waals surface area (Å²) in [7, 11) is 3.09. The zero-order chi connectivity index (χ0) is 14.5. The second-order valence-electron chi connectivity index (χ2n) is 4.11. The second-order valence-corrected chi connectivity index (χ2v) is 4.11. The van der Waals surface area contributed by atoms with Gasteiger partial charge in [-0.2, -0.15) is 0 Å². The van der Waals surface area contributed by atoms with E-state index in [-0.39, 0.29) is 5.91 Å². The Morgan fingerprint density at radius 3 is 2.50 bits per heavy atom. The molecule has 5 nitrogen and oxygen atoms in total. The van der Waals surface area contributed by atoms with Gasteiger partial charge in [-0.05, 0) is 24.3 Å². The van der Waals surface area contributed by atoms with Crippen LogP contribution in [0.3, 0.4) is 0 Å². The Hall–Kier alpha value is -2.69. The van der Waals surface area contributed by atoms with Gasteiger partial charge in [0.15, 0.2) is 0 Å². The molecule has 0 spiro atoms. The number of nitrogen functional groups attached to an aromatic ring is 1. The van der Waals surface area contributed by atoms with Crippen LogP contribution in [-0.2, 0) is 0 Å². The summed E-state index contributed by atoms with van der Waals surface area (Å²) in [6, 6.07) is 12.1. The maximum absolute atomic E-state index is 12.2. The summed E-state index contributed by atoms with van der Waals surface area (Å²) in [6.45, 7) is 0. The summed E-state index contributed by atoms with van der Waals surface area (Å²) >= 11 is 0. The van der Waals surface area contributed by atoms with Gasteiger partial charge in [0.05, 0.1) is 25.5 Å². The van der Waals surface area contributed by atoms with Gasteiger partial charge in [0.1, 0.15) is 11.5 Å². The molecule has 0 heterocycles. The number of benzene rings is 2. The molecule has 3 N–H and O–H groups in total. The molecule has 0 saturated heterocycles. The van der Waals surface area contributed by atoms with E-state index in [9.17, 15) is 4.79 Å². The first-order chi connectivity index (χ1) is 9.65. The van der Waals surface area contributed by atoms with Crippen LogP contribution in [0, 0.1) is 0 Å². The van der Waals surface area contributed by atoms with E-state index in [1.54, 1.807) is 44.6 Å². The molecule has 0 bridgehead atoms. The van der Waals surface area contributed by atoms with E-state index in [0.717, 1.165) is 0 Å². The Kier molecular flexibility index (Phi) is 4.10. The third-order valence-electron chi connectivity index (χ3n) is 2.86. The maximum Gasteiger partial charge on any atom is 0.257 e. The minimum Gasteiger partial charge on any atom is -0.497 e. The standard InChI is InChI=1S/C15H16N2O3/c1-19-10-7-8-11(12(16)9-10)15(18)17-13-5-3-4-6-14(13)20-2/h3-9H,16H2,1-2H3,(H,17,18). The van der Waals surface area contributed by atoms with Crippen LogP contribution in [0.15, 0.2) is 42.5 Å². The zero-order valence-electron chi connectivity index (χ0n) is 11.3. The third-order valence-corrected chi connectivity index (χ3v) is 2.86. The molecule has 5 heteroatoms. The van der Waals surface area contributed by atoms with Crippen molar-refractivity contribution < 1.29 is 14.3 Å². The topological polar surface area (TPSA) is 73.6 Å². The zero-order valence-corrected chi connectivity index (χ0v) is 11.3. The molecule has 0 aromatic heterocycles. The average Bonchev–Trinajstić information content (AvgIpc) is 2.47. The van der Waals surface area contributed by atoms with E-state index in [0.29, 0.717) is 28.4 Å². The average molecular weight is 272 g/mol. The summed E-state index contributed by atoms with van der Waals surface area (Å²) in [4.78, 5) is 12.2. The van der Waals surface area contributed by atoms with Crippen LogP contribution < -0.4 is 20.5 Å². The fraction of sp³-hybridized carbons (Fsp3) is 0.133. The van der Waals surface area contributed by atoms with Crippen molar-refractivity contribution in [3.63, 3.8) is 0 Å². The van der Waals surface area contributed by atoms with E-state index in [1.807, 2.05) is 12.1 Å². The highest BCUT2D eigenvalue weighted by Gasteiger charge is 2.12. The van der Waals surface area contributed by atoms with Crippen LogP contribution in [0.5, 0.6) is 11.5 Å². The number of nitrogens with two attached hydrogens (primary N) is 1. The van der Waals surface area contributed by atoms with Crippen molar-refractivity contribution >= 4 is 17.3 Å². The van der Waals surface area contributed by atoms with Gasteiger partial charge in [-0.3, -0.25) is 4.79 Å². The van der Waals surface area contributed by atoms with Gasteiger partial charge in [-0.1, -0.05) is 12.1 Å². The minimum atomic E-state index is -0.297. The number of carbonyl (C=O) groups is 1. The fourth-order valence-electron chi connectivity index (χ4n) is 1.81. The van der Waals surface area contributed by atoms with Crippen molar-refractivity contribution in [1.29, 1.82) is 0 Å². The van der Waals surface area contributed by atoms with Gasteiger partial charge in [0, 0.05) is 11.8 Å². The Morgan fingerprint density at radius 1 is 1.10 bits per heavy atom. The molecule has 0 atom stereocenters. The van der Waals surface area contributed by atoms with E-state index in [4.69, 9.17) is 15.2 Å². The molecular formula is C15H16N2O3. The highest BCUT2D eigenvalue weighted by Crippen LogP contribution is 2.25. The molecule has 20 heavy (non-hydrogen) atoms. The molecule has 2 rings (SSSR count). The number of nitrogens with one attached hydrogen (secondary N) is 1. The monoisotopic (exact) mass is 272 g/mol. The molecule has 0 aliphatic rings. The number of hydrogen-bond donors (Lipinski definition) is 2. The Balaban J connectivity index is 2.24. The van der Waals surface area contributed by atoms with Crippen LogP contribution >= 0.6 is 0 Å². The lowest BCUT2D eigenvalue weighted by atomic mass is 10.1. The summed E-state index contributed by atoms with van der Waals surface area (Å²) in [6.07, 6.45) is 0. The van der Waals surface area contributed by atoms with E-state index >= 15 is 0 Å². The van der Waals surface area contributed by atoms with Crippen molar-refractivity contribution in [2.75, 3.05) is 25.3 Å². The van der Waals surface area contributed by atoms with Crippen LogP contribution in [0.25, 0.3) is 0 Å². The van der Waals surface area contributed by atoms with Crippen molar-refractivity contribution in [2.45, 2.75) is 0 Å². The molecule has 1 amide bonds. The predicted molar refractivity (Wildman–Crippen MR) is 78.4 cm³/mol. The van der Waals surface area contributed by atoms with E-state index in [2.05, 4.69) is 5.32 Å². The lowest BCUT2D eigenvalue weighted by Crippen LogP contribution is -2.14. The Bertz CT molecular complexity index is 626. The molecule has 0 aliphatic heterocycles. The molecule has 2 aromatic carbocycles. The first-order valence-corrected chi connectivity index (χ1v) is 6.03. The van der Waals surface area contributed by atoms with Gasteiger partial charge in [-0.25, -0.2) is 0 Å². The molecule has 0 aliphatic carbocycles. The SMILES string of the molecule is COc1ccc(C(=O)Nc2ccccc2OC)c(N)c1. The maximum atomic E-state index is 12.2. The first kappa shape index (κ1) is 13.7. The number of anilines is 2. The molecule has 0 radical (unpaired) electrons. The molecule has 0 saturated carbocycles. The third kappa shape index (κ3) is 2.83. The van der Waals surface area contributed by atoms with Gasteiger partial charge < -0.3 is 20.5 Å². The number of para-hydroxylation sites is 2. The van der Waals surface area contributed by atoms with Crippen molar-refractivity contribution in [3.8, 4) is 11.5 Å². The number of methoxy groups -OCH3 is 2. The first-order valence-electron chi connectivity index (χ1n) is 6.03. The quantitative estimate of drug-likeness (QED) is 0.839. The van der Waals surface area contributed by atoms with Gasteiger partial charge in [0.2, 0.25) is 0 Å². The number of amides is 1. The molecule has 2 aromatic rings. The number of carbonyl (C=O) groups excluding carboxylic acids is 1. The minimum absolute atomic E-state index is 0.297. The van der Waals surface area contributed by atoms with E-state index < -0.39 is 0 Å². The Labute approximate surface area is 117 Å². The Morgan fingerprint density at radius 2 is 1.85 bits per heavy atom. The smallest absolute Gasteiger partial charge is 0.257 e. The highest BCUT2D eigenvalue weighted by atomic mass is 16.5. The molecule has 0 unspecified atom stereocenters.